The standard InChI is InChI=1S/C11H20N2O4/c1-6-4-13(5-7(6)2)11(17)12-9(8(3)14)10(15)16/h6-9,14H,4-5H2,1-3H3,(H,12,17)(H,15,16)/t6?,7?,8-,9+/m1/s1. The van der Waals surface area contributed by atoms with E-state index in [2.05, 4.69) is 19.2 Å². The van der Waals surface area contributed by atoms with Crippen molar-refractivity contribution in [2.45, 2.75) is 32.9 Å². The quantitative estimate of drug-likeness (QED) is 0.657. The monoisotopic (exact) mass is 244 g/mol. The zero-order chi connectivity index (χ0) is 13.2. The van der Waals surface area contributed by atoms with Crippen molar-refractivity contribution < 1.29 is 19.8 Å². The Morgan fingerprint density at radius 2 is 1.76 bits per heavy atom. The van der Waals surface area contributed by atoms with Crippen LogP contribution in [0.3, 0.4) is 0 Å². The van der Waals surface area contributed by atoms with Crippen molar-refractivity contribution in [3.8, 4) is 0 Å². The van der Waals surface area contributed by atoms with Crippen molar-refractivity contribution in [1.29, 1.82) is 0 Å². The van der Waals surface area contributed by atoms with E-state index in [1.165, 1.54) is 6.92 Å². The molecular weight excluding hydrogens is 224 g/mol. The Bertz CT molecular complexity index is 296. The molecule has 0 aromatic carbocycles. The number of aliphatic hydroxyl groups excluding tert-OH is 1. The predicted molar refractivity (Wildman–Crippen MR) is 61.5 cm³/mol. The number of amides is 2. The first-order valence-corrected chi connectivity index (χ1v) is 5.79. The van der Waals surface area contributed by atoms with E-state index in [0.29, 0.717) is 24.9 Å². The molecular formula is C11H20N2O4. The Labute approximate surface area is 101 Å². The van der Waals surface area contributed by atoms with Crippen molar-refractivity contribution in [3.63, 3.8) is 0 Å². The zero-order valence-corrected chi connectivity index (χ0v) is 10.4. The highest BCUT2D eigenvalue weighted by molar-refractivity contribution is 5.83. The predicted octanol–water partition coefficient (Wildman–Crippen LogP) is 0.118. The van der Waals surface area contributed by atoms with Crippen molar-refractivity contribution >= 4 is 12.0 Å². The maximum Gasteiger partial charge on any atom is 0.328 e. The van der Waals surface area contributed by atoms with Crippen LogP contribution in [-0.2, 0) is 4.79 Å². The smallest absolute Gasteiger partial charge is 0.328 e. The van der Waals surface area contributed by atoms with Gasteiger partial charge in [-0.3, -0.25) is 0 Å². The van der Waals surface area contributed by atoms with E-state index < -0.39 is 24.1 Å². The van der Waals surface area contributed by atoms with E-state index in [4.69, 9.17) is 5.11 Å². The van der Waals surface area contributed by atoms with Gasteiger partial charge in [-0.2, -0.15) is 0 Å². The number of carboxylic acid groups (broad SMARTS) is 1. The van der Waals surface area contributed by atoms with E-state index in [-0.39, 0.29) is 0 Å². The number of carbonyl (C=O) groups excluding carboxylic acids is 1. The summed E-state index contributed by atoms with van der Waals surface area (Å²) in [4.78, 5) is 24.2. The number of likely N-dealkylation sites (tertiary alicyclic amines) is 1. The maximum absolute atomic E-state index is 11.8. The summed E-state index contributed by atoms with van der Waals surface area (Å²) < 4.78 is 0. The highest BCUT2D eigenvalue weighted by Gasteiger charge is 2.32. The number of nitrogens with one attached hydrogen (secondary N) is 1. The third kappa shape index (κ3) is 3.33. The van der Waals surface area contributed by atoms with Gasteiger partial charge in [0.05, 0.1) is 6.10 Å². The van der Waals surface area contributed by atoms with Crippen LogP contribution in [0.15, 0.2) is 0 Å². The molecule has 0 aromatic rings. The molecule has 0 spiro atoms. The van der Waals surface area contributed by atoms with Crippen LogP contribution in [0.4, 0.5) is 4.79 Å². The van der Waals surface area contributed by atoms with Gasteiger partial charge in [-0.1, -0.05) is 13.8 Å². The minimum absolute atomic E-state index is 0.413. The lowest BCUT2D eigenvalue weighted by atomic mass is 10.0. The molecule has 98 valence electrons. The highest BCUT2D eigenvalue weighted by atomic mass is 16.4. The second-order valence-corrected chi connectivity index (χ2v) is 4.87. The van der Waals surface area contributed by atoms with Gasteiger partial charge < -0.3 is 20.4 Å². The van der Waals surface area contributed by atoms with Crippen molar-refractivity contribution in [2.24, 2.45) is 11.8 Å². The lowest BCUT2D eigenvalue weighted by molar-refractivity contribution is -0.141. The molecule has 0 saturated carbocycles. The van der Waals surface area contributed by atoms with Gasteiger partial charge in [0.2, 0.25) is 0 Å². The molecule has 2 unspecified atom stereocenters. The topological polar surface area (TPSA) is 89.9 Å². The van der Waals surface area contributed by atoms with E-state index in [1.54, 1.807) is 4.90 Å². The molecule has 1 aliphatic rings. The van der Waals surface area contributed by atoms with Gasteiger partial charge in [-0.05, 0) is 18.8 Å². The van der Waals surface area contributed by atoms with E-state index in [0.717, 1.165) is 0 Å². The van der Waals surface area contributed by atoms with Gasteiger partial charge >= 0.3 is 12.0 Å². The van der Waals surface area contributed by atoms with Crippen molar-refractivity contribution in [1.82, 2.24) is 10.2 Å². The van der Waals surface area contributed by atoms with Gasteiger partial charge in [-0.15, -0.1) is 0 Å². The first-order valence-electron chi connectivity index (χ1n) is 5.79. The van der Waals surface area contributed by atoms with Crippen LogP contribution in [0.25, 0.3) is 0 Å². The van der Waals surface area contributed by atoms with Crippen LogP contribution in [0, 0.1) is 11.8 Å². The molecule has 3 N–H and O–H groups in total. The van der Waals surface area contributed by atoms with Crippen LogP contribution in [0.1, 0.15) is 20.8 Å². The Balaban J connectivity index is 2.57. The summed E-state index contributed by atoms with van der Waals surface area (Å²) in [5.74, 6) is -0.403. The summed E-state index contributed by atoms with van der Waals surface area (Å²) in [7, 11) is 0. The summed E-state index contributed by atoms with van der Waals surface area (Å²) in [6.07, 6.45) is -1.12. The fourth-order valence-electron chi connectivity index (χ4n) is 1.91. The molecule has 0 aromatic heterocycles. The molecule has 0 aliphatic carbocycles. The number of hydrogen-bond donors (Lipinski definition) is 3. The molecule has 0 radical (unpaired) electrons. The summed E-state index contributed by atoms with van der Waals surface area (Å²) >= 11 is 0. The van der Waals surface area contributed by atoms with Gasteiger partial charge in [0.1, 0.15) is 0 Å². The maximum atomic E-state index is 11.8. The number of aliphatic hydroxyl groups is 1. The summed E-state index contributed by atoms with van der Waals surface area (Å²) in [5, 5.41) is 20.4. The highest BCUT2D eigenvalue weighted by Crippen LogP contribution is 2.21. The number of hydrogen-bond acceptors (Lipinski definition) is 3. The molecule has 17 heavy (non-hydrogen) atoms. The van der Waals surface area contributed by atoms with Crippen molar-refractivity contribution in [2.75, 3.05) is 13.1 Å². The van der Waals surface area contributed by atoms with Crippen LogP contribution >= 0.6 is 0 Å². The lowest BCUT2D eigenvalue weighted by Crippen LogP contribution is -2.51. The number of aliphatic carboxylic acids is 1. The molecule has 1 saturated heterocycles. The fourth-order valence-corrected chi connectivity index (χ4v) is 1.91. The summed E-state index contributed by atoms with van der Waals surface area (Å²) in [6, 6.07) is -1.68. The van der Waals surface area contributed by atoms with Gasteiger partial charge in [0.25, 0.3) is 0 Å². The van der Waals surface area contributed by atoms with E-state index in [1.807, 2.05) is 0 Å². The number of urea groups is 1. The summed E-state index contributed by atoms with van der Waals surface area (Å²) in [6.45, 7) is 6.70. The minimum Gasteiger partial charge on any atom is -0.480 e. The second-order valence-electron chi connectivity index (χ2n) is 4.87. The van der Waals surface area contributed by atoms with Gasteiger partial charge in [0.15, 0.2) is 6.04 Å². The lowest BCUT2D eigenvalue weighted by Gasteiger charge is -2.22. The molecule has 6 nitrogen and oxygen atoms in total. The van der Waals surface area contributed by atoms with Crippen LogP contribution in [-0.4, -0.2) is 52.3 Å². The van der Waals surface area contributed by atoms with Crippen LogP contribution in [0.2, 0.25) is 0 Å². The average molecular weight is 244 g/mol. The van der Waals surface area contributed by atoms with E-state index in [9.17, 15) is 14.7 Å². The Morgan fingerprint density at radius 1 is 1.29 bits per heavy atom. The van der Waals surface area contributed by atoms with E-state index >= 15 is 0 Å². The van der Waals surface area contributed by atoms with Crippen LogP contribution in [0.5, 0.6) is 0 Å². The number of carbonyl (C=O) groups is 2. The Hall–Kier alpha value is -1.30. The van der Waals surface area contributed by atoms with Crippen LogP contribution < -0.4 is 5.32 Å². The van der Waals surface area contributed by atoms with Gasteiger partial charge in [-0.25, -0.2) is 9.59 Å². The Morgan fingerprint density at radius 3 is 2.12 bits per heavy atom. The molecule has 1 fully saturated rings. The van der Waals surface area contributed by atoms with Gasteiger partial charge in [0, 0.05) is 13.1 Å². The molecule has 1 rings (SSSR count). The molecule has 6 heteroatoms. The molecule has 1 aliphatic heterocycles. The minimum atomic E-state index is -1.26. The third-order valence-corrected chi connectivity index (χ3v) is 3.30. The normalized spacial score (nSPS) is 27.6. The molecule has 0 bridgehead atoms. The molecule has 2 amide bonds. The SMILES string of the molecule is CC1CN(C(=O)N[C@H](C(=O)O)[C@@H](C)O)CC1C. The second kappa shape index (κ2) is 5.35. The first-order chi connectivity index (χ1) is 7.82. The first kappa shape index (κ1) is 13.8. The average Bonchev–Trinajstić information content (AvgIpc) is 2.54. The zero-order valence-electron chi connectivity index (χ0n) is 10.4. The molecule has 1 heterocycles. The largest absolute Gasteiger partial charge is 0.480 e. The summed E-state index contributed by atoms with van der Waals surface area (Å²) in [5.41, 5.74) is 0. The Kier molecular flexibility index (Phi) is 4.34. The number of rotatable bonds is 3. The third-order valence-electron chi connectivity index (χ3n) is 3.30. The number of nitrogens with zero attached hydrogens (tertiary/aromatic N) is 1. The van der Waals surface area contributed by atoms with Crippen molar-refractivity contribution in [3.05, 3.63) is 0 Å². The fraction of sp³-hybridized carbons (Fsp3) is 0.818. The molecule has 4 atom stereocenters. The number of carboxylic acids is 1.